The van der Waals surface area contributed by atoms with E-state index < -0.39 is 10.0 Å². The van der Waals surface area contributed by atoms with Crippen LogP contribution in [0, 0.1) is 5.92 Å². The van der Waals surface area contributed by atoms with Gasteiger partial charge in [-0.2, -0.15) is 0 Å². The minimum atomic E-state index is -3.73. The lowest BCUT2D eigenvalue weighted by Gasteiger charge is -2.11. The van der Waals surface area contributed by atoms with Crippen LogP contribution in [0.1, 0.15) is 18.4 Å². The standard InChI is InChI=1S/C18H19BrN2O4S/c1-25-16-9-6-14(19)10-17(16)26(23,24)20-11-12-2-7-15(8-3-12)21-18(22)13-4-5-13/h2-3,6-10,13,20H,4-5,11H2,1H3,(H,21,22). The maximum absolute atomic E-state index is 12.6. The van der Waals surface area contributed by atoms with E-state index in [0.29, 0.717) is 10.2 Å². The van der Waals surface area contributed by atoms with Crippen molar-refractivity contribution in [2.45, 2.75) is 24.3 Å². The van der Waals surface area contributed by atoms with Crippen LogP contribution in [0.5, 0.6) is 5.75 Å². The molecular weight excluding hydrogens is 420 g/mol. The van der Waals surface area contributed by atoms with Crippen LogP contribution < -0.4 is 14.8 Å². The minimum Gasteiger partial charge on any atom is -0.495 e. The highest BCUT2D eigenvalue weighted by atomic mass is 79.9. The van der Waals surface area contributed by atoms with Crippen LogP contribution in [0.3, 0.4) is 0 Å². The van der Waals surface area contributed by atoms with E-state index in [1.54, 1.807) is 36.4 Å². The Balaban J connectivity index is 1.66. The Morgan fingerprint density at radius 1 is 1.19 bits per heavy atom. The number of rotatable bonds is 7. The zero-order valence-electron chi connectivity index (χ0n) is 14.2. The second-order valence-corrected chi connectivity index (χ2v) is 8.73. The molecule has 0 aliphatic heterocycles. The maximum atomic E-state index is 12.6. The lowest BCUT2D eigenvalue weighted by molar-refractivity contribution is -0.117. The minimum absolute atomic E-state index is 0.0419. The summed E-state index contributed by atoms with van der Waals surface area (Å²) in [5.41, 5.74) is 1.49. The zero-order valence-corrected chi connectivity index (χ0v) is 16.6. The van der Waals surface area contributed by atoms with Gasteiger partial charge in [0.25, 0.3) is 0 Å². The SMILES string of the molecule is COc1ccc(Br)cc1S(=O)(=O)NCc1ccc(NC(=O)C2CC2)cc1. The third-order valence-corrected chi connectivity index (χ3v) is 5.97. The first-order valence-electron chi connectivity index (χ1n) is 8.12. The third-order valence-electron chi connectivity index (χ3n) is 4.05. The second-order valence-electron chi connectivity index (χ2n) is 6.08. The highest BCUT2D eigenvalue weighted by molar-refractivity contribution is 9.10. The van der Waals surface area contributed by atoms with Gasteiger partial charge in [0.05, 0.1) is 7.11 Å². The molecule has 6 nitrogen and oxygen atoms in total. The number of nitrogens with one attached hydrogen (secondary N) is 2. The van der Waals surface area contributed by atoms with E-state index in [2.05, 4.69) is 26.0 Å². The van der Waals surface area contributed by atoms with Crippen molar-refractivity contribution >= 4 is 37.5 Å². The number of carbonyl (C=O) groups is 1. The fourth-order valence-electron chi connectivity index (χ4n) is 2.41. The van der Waals surface area contributed by atoms with Crippen LogP contribution in [0.4, 0.5) is 5.69 Å². The predicted molar refractivity (Wildman–Crippen MR) is 103 cm³/mol. The average molecular weight is 439 g/mol. The van der Waals surface area contributed by atoms with Crippen molar-refractivity contribution in [1.82, 2.24) is 4.72 Å². The Hall–Kier alpha value is -1.90. The van der Waals surface area contributed by atoms with E-state index in [9.17, 15) is 13.2 Å². The molecule has 8 heteroatoms. The molecule has 0 heterocycles. The molecule has 0 unspecified atom stereocenters. The van der Waals surface area contributed by atoms with Gasteiger partial charge < -0.3 is 10.1 Å². The Kier molecular flexibility index (Phi) is 5.64. The number of amides is 1. The van der Waals surface area contributed by atoms with E-state index in [-0.39, 0.29) is 29.0 Å². The van der Waals surface area contributed by atoms with Gasteiger partial charge in [-0.05, 0) is 48.7 Å². The molecule has 138 valence electrons. The van der Waals surface area contributed by atoms with Crippen molar-refractivity contribution in [3.63, 3.8) is 0 Å². The highest BCUT2D eigenvalue weighted by Crippen LogP contribution is 2.30. The van der Waals surface area contributed by atoms with Gasteiger partial charge in [-0.3, -0.25) is 4.79 Å². The van der Waals surface area contributed by atoms with Crippen LogP contribution in [0.15, 0.2) is 51.8 Å². The summed E-state index contributed by atoms with van der Waals surface area (Å²) in [6.45, 7) is 0.134. The molecule has 0 saturated heterocycles. The smallest absolute Gasteiger partial charge is 0.244 e. The molecule has 0 atom stereocenters. The first-order valence-corrected chi connectivity index (χ1v) is 10.4. The van der Waals surface area contributed by atoms with E-state index in [1.165, 1.54) is 13.2 Å². The van der Waals surface area contributed by atoms with E-state index in [0.717, 1.165) is 18.4 Å². The molecule has 1 fully saturated rings. The van der Waals surface area contributed by atoms with Crippen molar-refractivity contribution < 1.29 is 17.9 Å². The third kappa shape index (κ3) is 4.63. The lowest BCUT2D eigenvalue weighted by Crippen LogP contribution is -2.23. The summed E-state index contributed by atoms with van der Waals surface area (Å²) in [5.74, 6) is 0.459. The van der Waals surface area contributed by atoms with Crippen LogP contribution in [-0.4, -0.2) is 21.4 Å². The average Bonchev–Trinajstić information content (AvgIpc) is 3.46. The molecule has 2 aromatic rings. The first kappa shape index (κ1) is 18.9. The number of halogens is 1. The monoisotopic (exact) mass is 438 g/mol. The molecule has 1 saturated carbocycles. The van der Waals surface area contributed by atoms with Gasteiger partial charge in [0.1, 0.15) is 10.6 Å². The normalized spacial score (nSPS) is 14.1. The van der Waals surface area contributed by atoms with Crippen LogP contribution in [-0.2, 0) is 21.4 Å². The number of sulfonamides is 1. The van der Waals surface area contributed by atoms with Crippen LogP contribution in [0.25, 0.3) is 0 Å². The second kappa shape index (κ2) is 7.77. The molecule has 1 aliphatic carbocycles. The Bertz CT molecular complexity index is 909. The number of hydrogen-bond donors (Lipinski definition) is 2. The lowest BCUT2D eigenvalue weighted by atomic mass is 10.2. The number of anilines is 1. The molecule has 0 spiro atoms. The summed E-state index contributed by atoms with van der Waals surface area (Å²) in [4.78, 5) is 11.8. The predicted octanol–water partition coefficient (Wildman–Crippen LogP) is 3.28. The summed E-state index contributed by atoms with van der Waals surface area (Å²) >= 11 is 3.27. The molecule has 0 aromatic heterocycles. The molecule has 0 bridgehead atoms. The van der Waals surface area contributed by atoms with Crippen molar-refractivity contribution in [2.24, 2.45) is 5.92 Å². The number of methoxy groups -OCH3 is 1. The summed E-state index contributed by atoms with van der Waals surface area (Å²) in [7, 11) is -2.30. The molecule has 1 aliphatic rings. The molecule has 3 rings (SSSR count). The molecule has 1 amide bonds. The van der Waals surface area contributed by atoms with E-state index >= 15 is 0 Å². The number of ether oxygens (including phenoxy) is 1. The van der Waals surface area contributed by atoms with Gasteiger partial charge >= 0.3 is 0 Å². The zero-order chi connectivity index (χ0) is 18.7. The molecule has 26 heavy (non-hydrogen) atoms. The summed E-state index contributed by atoms with van der Waals surface area (Å²) < 4.78 is 33.5. The molecule has 0 radical (unpaired) electrons. The largest absolute Gasteiger partial charge is 0.495 e. The Morgan fingerprint density at radius 2 is 1.88 bits per heavy atom. The van der Waals surface area contributed by atoms with Crippen molar-refractivity contribution in [1.29, 1.82) is 0 Å². The number of hydrogen-bond acceptors (Lipinski definition) is 4. The van der Waals surface area contributed by atoms with Crippen LogP contribution in [0.2, 0.25) is 0 Å². The Labute approximate surface area is 161 Å². The van der Waals surface area contributed by atoms with E-state index in [1.807, 2.05) is 0 Å². The van der Waals surface area contributed by atoms with Gasteiger partial charge in [-0.25, -0.2) is 13.1 Å². The van der Waals surface area contributed by atoms with Crippen molar-refractivity contribution in [3.8, 4) is 5.75 Å². The van der Waals surface area contributed by atoms with Gasteiger partial charge in [-0.15, -0.1) is 0 Å². The van der Waals surface area contributed by atoms with Crippen LogP contribution >= 0.6 is 15.9 Å². The van der Waals surface area contributed by atoms with Gasteiger partial charge in [0.15, 0.2) is 0 Å². The highest BCUT2D eigenvalue weighted by Gasteiger charge is 2.29. The Morgan fingerprint density at radius 3 is 2.50 bits per heavy atom. The van der Waals surface area contributed by atoms with Crippen molar-refractivity contribution in [2.75, 3.05) is 12.4 Å². The molecule has 2 aromatic carbocycles. The molecule has 2 N–H and O–H groups in total. The summed E-state index contributed by atoms with van der Waals surface area (Å²) in [5, 5.41) is 2.85. The number of carbonyl (C=O) groups excluding carboxylic acids is 1. The fourth-order valence-corrected chi connectivity index (χ4v) is 4.14. The molecular formula is C18H19BrN2O4S. The van der Waals surface area contributed by atoms with Gasteiger partial charge in [-0.1, -0.05) is 28.1 Å². The topological polar surface area (TPSA) is 84.5 Å². The van der Waals surface area contributed by atoms with Gasteiger partial charge in [0, 0.05) is 22.6 Å². The fraction of sp³-hybridized carbons (Fsp3) is 0.278. The first-order chi connectivity index (χ1) is 12.4. The summed E-state index contributed by atoms with van der Waals surface area (Å²) in [6, 6.07) is 11.9. The van der Waals surface area contributed by atoms with Gasteiger partial charge in [0.2, 0.25) is 15.9 Å². The van der Waals surface area contributed by atoms with E-state index in [4.69, 9.17) is 4.74 Å². The number of benzene rings is 2. The quantitative estimate of drug-likeness (QED) is 0.694. The maximum Gasteiger partial charge on any atom is 0.244 e. The van der Waals surface area contributed by atoms with Crippen molar-refractivity contribution in [3.05, 3.63) is 52.5 Å². The summed E-state index contributed by atoms with van der Waals surface area (Å²) in [6.07, 6.45) is 1.90.